The molecule has 2 aliphatic rings. The second-order valence-corrected chi connectivity index (χ2v) is 5.79. The quantitative estimate of drug-likeness (QED) is 0.840. The third-order valence-corrected chi connectivity index (χ3v) is 4.92. The molecule has 102 valence electrons. The predicted molar refractivity (Wildman–Crippen MR) is 73.5 cm³/mol. The lowest BCUT2D eigenvalue weighted by Crippen LogP contribution is -2.57. The zero-order valence-corrected chi connectivity index (χ0v) is 11.4. The van der Waals surface area contributed by atoms with E-state index in [2.05, 4.69) is 12.1 Å². The SMILES string of the molecule is CC(=O)N1CC[C@@H]2CCC[C@H](O)[C@@]21c1ccccc1. The van der Waals surface area contributed by atoms with Gasteiger partial charge in [0, 0.05) is 13.5 Å². The second kappa shape index (κ2) is 4.64. The lowest BCUT2D eigenvalue weighted by Gasteiger charge is -2.48. The van der Waals surface area contributed by atoms with Gasteiger partial charge in [-0.3, -0.25) is 4.79 Å². The summed E-state index contributed by atoms with van der Waals surface area (Å²) in [7, 11) is 0. The molecule has 0 unspecified atom stereocenters. The smallest absolute Gasteiger partial charge is 0.220 e. The van der Waals surface area contributed by atoms with Crippen molar-refractivity contribution in [2.24, 2.45) is 5.92 Å². The maximum atomic E-state index is 12.0. The van der Waals surface area contributed by atoms with Gasteiger partial charge >= 0.3 is 0 Å². The highest BCUT2D eigenvalue weighted by Gasteiger charge is 2.56. The molecule has 2 fully saturated rings. The average molecular weight is 259 g/mol. The van der Waals surface area contributed by atoms with Crippen LogP contribution >= 0.6 is 0 Å². The fourth-order valence-corrected chi connectivity index (χ4v) is 4.21. The molecule has 1 saturated carbocycles. The number of nitrogens with zero attached hydrogens (tertiary/aromatic N) is 1. The number of hydrogen-bond acceptors (Lipinski definition) is 2. The first kappa shape index (κ1) is 12.7. The van der Waals surface area contributed by atoms with Crippen LogP contribution in [-0.4, -0.2) is 28.6 Å². The fourth-order valence-electron chi connectivity index (χ4n) is 4.21. The minimum Gasteiger partial charge on any atom is -0.390 e. The molecular formula is C16H21NO2. The summed E-state index contributed by atoms with van der Waals surface area (Å²) in [5.41, 5.74) is 0.616. The molecule has 3 atom stereocenters. The summed E-state index contributed by atoms with van der Waals surface area (Å²) >= 11 is 0. The number of likely N-dealkylation sites (tertiary alicyclic amines) is 1. The van der Waals surface area contributed by atoms with E-state index in [1.54, 1.807) is 6.92 Å². The Balaban J connectivity index is 2.15. The third kappa shape index (κ3) is 1.71. The molecule has 1 heterocycles. The van der Waals surface area contributed by atoms with Gasteiger partial charge in [0.1, 0.15) is 0 Å². The lowest BCUT2D eigenvalue weighted by atomic mass is 9.67. The number of hydrogen-bond donors (Lipinski definition) is 1. The van der Waals surface area contributed by atoms with E-state index in [9.17, 15) is 9.90 Å². The van der Waals surface area contributed by atoms with Crippen molar-refractivity contribution in [3.05, 3.63) is 35.9 Å². The van der Waals surface area contributed by atoms with Crippen LogP contribution in [0.15, 0.2) is 30.3 Å². The lowest BCUT2D eigenvalue weighted by molar-refractivity contribution is -0.143. The number of amides is 1. The standard InChI is InChI=1S/C16H21NO2/c1-12(18)17-11-10-14-8-5-9-15(19)16(14,17)13-6-3-2-4-7-13/h2-4,6-7,14-15,19H,5,8-11H2,1H3/t14-,15-,16+/m0/s1. The van der Waals surface area contributed by atoms with Gasteiger partial charge in [0.25, 0.3) is 0 Å². The number of carbonyl (C=O) groups excluding carboxylic acids is 1. The summed E-state index contributed by atoms with van der Waals surface area (Å²) < 4.78 is 0. The van der Waals surface area contributed by atoms with E-state index in [1.807, 2.05) is 23.1 Å². The van der Waals surface area contributed by atoms with Crippen LogP contribution in [0.25, 0.3) is 0 Å². The van der Waals surface area contributed by atoms with Gasteiger partial charge < -0.3 is 10.0 Å². The van der Waals surface area contributed by atoms with Crippen LogP contribution in [0.1, 0.15) is 38.2 Å². The average Bonchev–Trinajstić information content (AvgIpc) is 2.81. The normalized spacial score (nSPS) is 34.1. The summed E-state index contributed by atoms with van der Waals surface area (Å²) in [6.45, 7) is 2.39. The van der Waals surface area contributed by atoms with Crippen molar-refractivity contribution in [2.45, 2.75) is 44.2 Å². The number of carbonyl (C=O) groups is 1. The summed E-state index contributed by atoms with van der Waals surface area (Å²) in [4.78, 5) is 14.0. The molecular weight excluding hydrogens is 238 g/mol. The van der Waals surface area contributed by atoms with E-state index in [-0.39, 0.29) is 5.91 Å². The van der Waals surface area contributed by atoms with Gasteiger partial charge in [0.05, 0.1) is 11.6 Å². The van der Waals surface area contributed by atoms with Gasteiger partial charge in [-0.2, -0.15) is 0 Å². The van der Waals surface area contributed by atoms with Crippen molar-refractivity contribution in [2.75, 3.05) is 6.54 Å². The number of aliphatic hydroxyl groups is 1. The Morgan fingerprint density at radius 3 is 2.68 bits per heavy atom. The Labute approximate surface area is 114 Å². The van der Waals surface area contributed by atoms with Gasteiger partial charge in [-0.1, -0.05) is 36.8 Å². The molecule has 1 aliphatic carbocycles. The van der Waals surface area contributed by atoms with E-state index in [4.69, 9.17) is 0 Å². The van der Waals surface area contributed by atoms with E-state index < -0.39 is 11.6 Å². The Morgan fingerprint density at radius 2 is 2.00 bits per heavy atom. The zero-order valence-electron chi connectivity index (χ0n) is 11.4. The van der Waals surface area contributed by atoms with Crippen molar-refractivity contribution in [1.29, 1.82) is 0 Å². The van der Waals surface area contributed by atoms with Crippen LogP contribution in [-0.2, 0) is 10.3 Å². The van der Waals surface area contributed by atoms with E-state index in [0.29, 0.717) is 5.92 Å². The first-order chi connectivity index (χ1) is 9.17. The first-order valence-electron chi connectivity index (χ1n) is 7.19. The number of benzene rings is 1. The molecule has 1 saturated heterocycles. The molecule has 19 heavy (non-hydrogen) atoms. The molecule has 0 spiro atoms. The van der Waals surface area contributed by atoms with Crippen molar-refractivity contribution in [3.63, 3.8) is 0 Å². The number of rotatable bonds is 1. The highest BCUT2D eigenvalue weighted by Crippen LogP contribution is 2.52. The molecule has 3 heteroatoms. The van der Waals surface area contributed by atoms with Crippen LogP contribution < -0.4 is 0 Å². The molecule has 0 bridgehead atoms. The summed E-state index contributed by atoms with van der Waals surface area (Å²) in [6, 6.07) is 10.1. The van der Waals surface area contributed by atoms with Crippen molar-refractivity contribution >= 4 is 5.91 Å². The van der Waals surface area contributed by atoms with Crippen molar-refractivity contribution < 1.29 is 9.90 Å². The molecule has 1 aliphatic heterocycles. The maximum absolute atomic E-state index is 12.0. The Kier molecular flexibility index (Phi) is 3.09. The molecule has 1 aromatic rings. The monoisotopic (exact) mass is 259 g/mol. The first-order valence-corrected chi connectivity index (χ1v) is 7.19. The Hall–Kier alpha value is -1.35. The maximum Gasteiger partial charge on any atom is 0.220 e. The molecule has 1 aromatic carbocycles. The van der Waals surface area contributed by atoms with Crippen molar-refractivity contribution in [3.8, 4) is 0 Å². The third-order valence-electron chi connectivity index (χ3n) is 4.92. The topological polar surface area (TPSA) is 40.5 Å². The van der Waals surface area contributed by atoms with Gasteiger partial charge in [0.15, 0.2) is 0 Å². The van der Waals surface area contributed by atoms with Crippen LogP contribution in [0.4, 0.5) is 0 Å². The highest BCUT2D eigenvalue weighted by molar-refractivity contribution is 5.75. The zero-order chi connectivity index (χ0) is 13.5. The molecule has 3 rings (SSSR count). The van der Waals surface area contributed by atoms with Crippen molar-refractivity contribution in [1.82, 2.24) is 4.90 Å². The highest BCUT2D eigenvalue weighted by atomic mass is 16.3. The molecule has 1 amide bonds. The minimum absolute atomic E-state index is 0.0762. The molecule has 0 radical (unpaired) electrons. The van der Waals surface area contributed by atoms with Gasteiger partial charge in [-0.05, 0) is 30.7 Å². The second-order valence-electron chi connectivity index (χ2n) is 5.79. The number of fused-ring (bicyclic) bond motifs is 1. The van der Waals surface area contributed by atoms with Gasteiger partial charge in [-0.25, -0.2) is 0 Å². The van der Waals surface area contributed by atoms with Crippen LogP contribution in [0.2, 0.25) is 0 Å². The van der Waals surface area contributed by atoms with Gasteiger partial charge in [-0.15, -0.1) is 0 Å². The largest absolute Gasteiger partial charge is 0.390 e. The van der Waals surface area contributed by atoms with E-state index in [1.165, 1.54) is 0 Å². The van der Waals surface area contributed by atoms with E-state index >= 15 is 0 Å². The molecule has 1 N–H and O–H groups in total. The molecule has 3 nitrogen and oxygen atoms in total. The predicted octanol–water partition coefficient (Wildman–Crippen LogP) is 2.30. The summed E-state index contributed by atoms with van der Waals surface area (Å²) in [6.07, 6.45) is 3.52. The van der Waals surface area contributed by atoms with Crippen LogP contribution in [0, 0.1) is 5.92 Å². The van der Waals surface area contributed by atoms with E-state index in [0.717, 1.165) is 37.8 Å². The van der Waals surface area contributed by atoms with Gasteiger partial charge in [0.2, 0.25) is 5.91 Å². The molecule has 0 aromatic heterocycles. The Morgan fingerprint density at radius 1 is 1.26 bits per heavy atom. The summed E-state index contributed by atoms with van der Waals surface area (Å²) in [5, 5.41) is 10.7. The Bertz CT molecular complexity index is 473. The fraction of sp³-hybridized carbons (Fsp3) is 0.562. The van der Waals surface area contributed by atoms with Crippen LogP contribution in [0.3, 0.4) is 0 Å². The minimum atomic E-state index is -0.481. The van der Waals surface area contributed by atoms with Crippen LogP contribution in [0.5, 0.6) is 0 Å². The number of aliphatic hydroxyl groups excluding tert-OH is 1. The summed E-state index contributed by atoms with van der Waals surface area (Å²) in [5.74, 6) is 0.467.